The maximum Gasteiger partial charge on any atom is 0.0252 e. The van der Waals surface area contributed by atoms with Gasteiger partial charge < -0.3 is 5.32 Å². The van der Waals surface area contributed by atoms with Gasteiger partial charge in [0.1, 0.15) is 0 Å². The quantitative estimate of drug-likeness (QED) is 0.841. The van der Waals surface area contributed by atoms with Crippen molar-refractivity contribution in [1.82, 2.24) is 10.2 Å². The third kappa shape index (κ3) is 3.22. The van der Waals surface area contributed by atoms with Gasteiger partial charge in [-0.05, 0) is 51.1 Å². The second kappa shape index (κ2) is 7.26. The average Bonchev–Trinajstić information content (AvgIpc) is 2.86. The van der Waals surface area contributed by atoms with E-state index in [9.17, 15) is 0 Å². The van der Waals surface area contributed by atoms with Crippen LogP contribution in [0.3, 0.4) is 0 Å². The fourth-order valence-corrected chi connectivity index (χ4v) is 5.22. The molecule has 3 aliphatic rings. The third-order valence-electron chi connectivity index (χ3n) is 6.17. The molecule has 1 aliphatic heterocycles. The smallest absolute Gasteiger partial charge is 0.0252 e. The van der Waals surface area contributed by atoms with Crippen LogP contribution in [0.5, 0.6) is 0 Å². The molecule has 2 saturated carbocycles. The molecule has 0 aromatic heterocycles. The lowest BCUT2D eigenvalue weighted by Crippen LogP contribution is -2.53. The first-order valence-electron chi connectivity index (χ1n) is 9.39. The molecular weight excluding hydrogens is 244 g/mol. The highest BCUT2D eigenvalue weighted by Gasteiger charge is 2.40. The lowest BCUT2D eigenvalue weighted by atomic mass is 9.83. The molecule has 0 amide bonds. The Bertz CT molecular complexity index is 291. The van der Waals surface area contributed by atoms with Crippen LogP contribution in [0.15, 0.2) is 0 Å². The summed E-state index contributed by atoms with van der Waals surface area (Å²) in [6, 6.07) is 2.54. The van der Waals surface area contributed by atoms with Gasteiger partial charge in [-0.2, -0.15) is 0 Å². The monoisotopic (exact) mass is 278 g/mol. The van der Waals surface area contributed by atoms with E-state index in [-0.39, 0.29) is 0 Å². The molecule has 2 heteroatoms. The van der Waals surface area contributed by atoms with Crippen molar-refractivity contribution in [2.24, 2.45) is 5.92 Å². The van der Waals surface area contributed by atoms with Gasteiger partial charge in [-0.25, -0.2) is 0 Å². The summed E-state index contributed by atoms with van der Waals surface area (Å²) >= 11 is 0. The lowest BCUT2D eigenvalue weighted by molar-refractivity contribution is 0.0916. The van der Waals surface area contributed by atoms with Crippen molar-refractivity contribution in [3.8, 4) is 0 Å². The number of hydrogen-bond donors (Lipinski definition) is 1. The molecule has 0 spiro atoms. The van der Waals surface area contributed by atoms with Crippen molar-refractivity contribution in [2.45, 2.75) is 95.7 Å². The molecule has 3 rings (SSSR count). The number of rotatable bonds is 3. The van der Waals surface area contributed by atoms with Crippen molar-refractivity contribution in [3.63, 3.8) is 0 Å². The van der Waals surface area contributed by atoms with E-state index in [0.29, 0.717) is 0 Å². The maximum atomic E-state index is 3.83. The van der Waals surface area contributed by atoms with Gasteiger partial charge in [0.05, 0.1) is 0 Å². The van der Waals surface area contributed by atoms with Crippen LogP contribution in [0.25, 0.3) is 0 Å². The Hall–Kier alpha value is -0.0800. The zero-order valence-electron chi connectivity index (χ0n) is 13.4. The molecular formula is C18H34N2. The predicted molar refractivity (Wildman–Crippen MR) is 86.0 cm³/mol. The lowest BCUT2D eigenvalue weighted by Gasteiger charge is -2.42. The average molecular weight is 278 g/mol. The minimum atomic E-state index is 0.765. The van der Waals surface area contributed by atoms with E-state index in [1.54, 1.807) is 0 Å². The van der Waals surface area contributed by atoms with E-state index in [1.165, 1.54) is 77.2 Å². The Kier molecular flexibility index (Phi) is 5.39. The van der Waals surface area contributed by atoms with Crippen LogP contribution in [0.1, 0.15) is 77.6 Å². The minimum Gasteiger partial charge on any atom is -0.313 e. The summed E-state index contributed by atoms with van der Waals surface area (Å²) in [5.41, 5.74) is 0. The Morgan fingerprint density at radius 2 is 1.50 bits per heavy atom. The van der Waals surface area contributed by atoms with Crippen LogP contribution < -0.4 is 5.32 Å². The van der Waals surface area contributed by atoms with Gasteiger partial charge in [0, 0.05) is 18.1 Å². The van der Waals surface area contributed by atoms with E-state index in [0.717, 1.165) is 30.6 Å². The molecule has 0 aromatic carbocycles. The predicted octanol–water partition coefficient (Wildman–Crippen LogP) is 3.95. The van der Waals surface area contributed by atoms with Gasteiger partial charge in [-0.1, -0.05) is 45.4 Å². The number of nitrogens with one attached hydrogen (secondary N) is 1. The van der Waals surface area contributed by atoms with Crippen LogP contribution in [-0.2, 0) is 0 Å². The molecule has 0 bridgehead atoms. The summed E-state index contributed by atoms with van der Waals surface area (Å²) in [6.07, 6.45) is 16.1. The van der Waals surface area contributed by atoms with Gasteiger partial charge in [0.25, 0.3) is 0 Å². The van der Waals surface area contributed by atoms with Crippen LogP contribution in [0, 0.1) is 5.92 Å². The van der Waals surface area contributed by atoms with E-state index in [2.05, 4.69) is 17.1 Å². The van der Waals surface area contributed by atoms with Crippen molar-refractivity contribution in [1.29, 1.82) is 0 Å². The first-order valence-corrected chi connectivity index (χ1v) is 9.39. The summed E-state index contributed by atoms with van der Waals surface area (Å²) in [5, 5.41) is 3.83. The third-order valence-corrected chi connectivity index (χ3v) is 6.17. The molecule has 3 fully saturated rings. The fraction of sp³-hybridized carbons (Fsp3) is 1.00. The minimum absolute atomic E-state index is 0.765. The molecule has 1 heterocycles. The molecule has 1 N–H and O–H groups in total. The Morgan fingerprint density at radius 3 is 2.35 bits per heavy atom. The van der Waals surface area contributed by atoms with Gasteiger partial charge in [0.15, 0.2) is 0 Å². The summed E-state index contributed by atoms with van der Waals surface area (Å²) in [6.45, 7) is 4.81. The number of likely N-dealkylation sites (tertiary alicyclic amines) is 1. The number of hydrogen-bond acceptors (Lipinski definition) is 2. The van der Waals surface area contributed by atoms with Crippen molar-refractivity contribution in [3.05, 3.63) is 0 Å². The number of fused-ring (bicyclic) bond motifs is 1. The molecule has 4 atom stereocenters. The van der Waals surface area contributed by atoms with Crippen LogP contribution in [0.4, 0.5) is 0 Å². The summed E-state index contributed by atoms with van der Waals surface area (Å²) in [5.74, 6) is 1.04. The highest BCUT2D eigenvalue weighted by Crippen LogP contribution is 2.39. The van der Waals surface area contributed by atoms with Crippen molar-refractivity contribution in [2.75, 3.05) is 13.1 Å². The van der Waals surface area contributed by atoms with Gasteiger partial charge in [0.2, 0.25) is 0 Å². The van der Waals surface area contributed by atoms with Gasteiger partial charge in [-0.15, -0.1) is 0 Å². The van der Waals surface area contributed by atoms with Crippen LogP contribution in [-0.4, -0.2) is 36.1 Å². The Labute approximate surface area is 125 Å². The largest absolute Gasteiger partial charge is 0.313 e. The van der Waals surface area contributed by atoms with E-state index in [4.69, 9.17) is 0 Å². The van der Waals surface area contributed by atoms with Crippen molar-refractivity contribution >= 4 is 0 Å². The van der Waals surface area contributed by atoms with Crippen molar-refractivity contribution < 1.29 is 0 Å². The van der Waals surface area contributed by atoms with Crippen LogP contribution in [0.2, 0.25) is 0 Å². The SMILES string of the molecule is CCNC1CCCCCCC1N1CCC2CCCCC21. The number of nitrogens with zero attached hydrogens (tertiary/aromatic N) is 1. The highest BCUT2D eigenvalue weighted by molar-refractivity contribution is 4.96. The fourth-order valence-electron chi connectivity index (χ4n) is 5.22. The zero-order valence-corrected chi connectivity index (χ0v) is 13.4. The molecule has 0 aromatic rings. The first-order chi connectivity index (χ1) is 9.90. The topological polar surface area (TPSA) is 15.3 Å². The molecule has 20 heavy (non-hydrogen) atoms. The number of likely N-dealkylation sites (N-methyl/N-ethyl adjacent to an activating group) is 1. The second-order valence-electron chi connectivity index (χ2n) is 7.36. The summed E-state index contributed by atoms with van der Waals surface area (Å²) < 4.78 is 0. The second-order valence-corrected chi connectivity index (χ2v) is 7.36. The van der Waals surface area contributed by atoms with E-state index in [1.807, 2.05) is 0 Å². The molecule has 116 valence electrons. The first kappa shape index (κ1) is 14.8. The van der Waals surface area contributed by atoms with E-state index >= 15 is 0 Å². The molecule has 0 radical (unpaired) electrons. The molecule has 1 saturated heterocycles. The highest BCUT2D eigenvalue weighted by atomic mass is 15.2. The summed E-state index contributed by atoms with van der Waals surface area (Å²) in [4.78, 5) is 2.96. The molecule has 4 unspecified atom stereocenters. The van der Waals surface area contributed by atoms with E-state index < -0.39 is 0 Å². The van der Waals surface area contributed by atoms with Crippen LogP contribution >= 0.6 is 0 Å². The Balaban J connectivity index is 1.70. The normalized spacial score (nSPS) is 40.0. The Morgan fingerprint density at radius 1 is 0.800 bits per heavy atom. The standard InChI is InChI=1S/C18H34N2/c1-2-19-16-10-5-3-4-6-12-18(16)20-14-13-15-9-7-8-11-17(15)20/h15-19H,2-14H2,1H3. The molecule has 2 nitrogen and oxygen atoms in total. The van der Waals surface area contributed by atoms with Gasteiger partial charge >= 0.3 is 0 Å². The van der Waals surface area contributed by atoms with Gasteiger partial charge in [-0.3, -0.25) is 4.90 Å². The summed E-state index contributed by atoms with van der Waals surface area (Å²) in [7, 11) is 0. The molecule has 2 aliphatic carbocycles. The maximum absolute atomic E-state index is 3.83. The zero-order chi connectivity index (χ0) is 13.8.